The Morgan fingerprint density at radius 1 is 1.23 bits per heavy atom. The lowest BCUT2D eigenvalue weighted by Gasteiger charge is -2.26. The number of thiophene rings is 1. The fourth-order valence-electron chi connectivity index (χ4n) is 4.38. The van der Waals surface area contributed by atoms with Crippen LogP contribution in [0.4, 0.5) is 0 Å². The lowest BCUT2D eigenvalue weighted by atomic mass is 9.99. The molecule has 8 heteroatoms. The van der Waals surface area contributed by atoms with Crippen molar-refractivity contribution in [2.24, 2.45) is 7.05 Å². The van der Waals surface area contributed by atoms with E-state index < -0.39 is 5.97 Å². The number of carbonyl (C=O) groups is 1. The quantitative estimate of drug-likeness (QED) is 0.358. The van der Waals surface area contributed by atoms with E-state index in [9.17, 15) is 9.90 Å². The molecule has 0 fully saturated rings. The van der Waals surface area contributed by atoms with Gasteiger partial charge < -0.3 is 14.4 Å². The Labute approximate surface area is 211 Å². The van der Waals surface area contributed by atoms with Crippen molar-refractivity contribution in [1.82, 2.24) is 14.5 Å². The Hall–Kier alpha value is -2.99. The molecule has 0 bridgehead atoms. The summed E-state index contributed by atoms with van der Waals surface area (Å²) in [4.78, 5) is 19.5. The molecule has 0 aliphatic carbocycles. The zero-order chi connectivity index (χ0) is 24.5. The minimum atomic E-state index is -0.901. The SMILES string of the molecule is Cc1ccc(COc2cccc(C3=CCN(Cc4nc5cc(C(=O)O)sc5n4C)CC3)c2)c(P)c1. The van der Waals surface area contributed by atoms with Crippen LogP contribution in [0.1, 0.15) is 38.6 Å². The Morgan fingerprint density at radius 3 is 2.80 bits per heavy atom. The number of ether oxygens (including phenoxy) is 1. The molecule has 3 heterocycles. The Morgan fingerprint density at radius 2 is 2.09 bits per heavy atom. The standard InChI is InChI=1S/C27H28N3O3PS/c1-17-6-7-20(23(34)12-17)16-33-21-5-3-4-19(13-21)18-8-10-30(11-9-18)15-25-28-22-14-24(27(31)32)35-26(22)29(25)2/h3-8,12-14H,9-11,15-16,34H2,1-2H3,(H,31,32). The molecule has 180 valence electrons. The number of fused-ring (bicyclic) bond motifs is 1. The molecule has 1 unspecified atom stereocenters. The molecule has 0 radical (unpaired) electrons. The minimum Gasteiger partial charge on any atom is -0.489 e. The number of aromatic carboxylic acids is 1. The van der Waals surface area contributed by atoms with E-state index in [1.165, 1.54) is 38.9 Å². The number of benzene rings is 2. The molecule has 6 nitrogen and oxygen atoms in total. The van der Waals surface area contributed by atoms with Crippen molar-refractivity contribution in [2.75, 3.05) is 13.1 Å². The van der Waals surface area contributed by atoms with E-state index in [-0.39, 0.29) is 0 Å². The molecule has 0 saturated heterocycles. The molecule has 1 N–H and O–H groups in total. The first kappa shape index (κ1) is 23.7. The third kappa shape index (κ3) is 5.18. The molecular formula is C27H28N3O3PS. The Bertz CT molecular complexity index is 1440. The summed E-state index contributed by atoms with van der Waals surface area (Å²) in [5, 5.41) is 10.4. The summed E-state index contributed by atoms with van der Waals surface area (Å²) in [6, 6.07) is 16.4. The van der Waals surface area contributed by atoms with Crippen LogP contribution in [0, 0.1) is 6.92 Å². The number of nitrogens with zero attached hydrogens (tertiary/aromatic N) is 3. The van der Waals surface area contributed by atoms with Crippen LogP contribution in [-0.4, -0.2) is 38.6 Å². The normalized spacial score (nSPS) is 14.3. The number of rotatable bonds is 7. The van der Waals surface area contributed by atoms with Crippen molar-refractivity contribution >= 4 is 47.8 Å². The van der Waals surface area contributed by atoms with Crippen molar-refractivity contribution in [2.45, 2.75) is 26.5 Å². The number of carboxylic acids is 1. The van der Waals surface area contributed by atoms with Crippen molar-refractivity contribution in [3.63, 3.8) is 0 Å². The van der Waals surface area contributed by atoms with Crippen LogP contribution < -0.4 is 10.0 Å². The zero-order valence-corrected chi connectivity index (χ0v) is 21.8. The van der Waals surface area contributed by atoms with Gasteiger partial charge in [-0.05, 0) is 53.5 Å². The first-order valence-corrected chi connectivity index (χ1v) is 12.9. The van der Waals surface area contributed by atoms with Gasteiger partial charge >= 0.3 is 5.97 Å². The van der Waals surface area contributed by atoms with Gasteiger partial charge in [0.15, 0.2) is 0 Å². The van der Waals surface area contributed by atoms with Gasteiger partial charge in [0.25, 0.3) is 0 Å². The maximum atomic E-state index is 11.2. The lowest BCUT2D eigenvalue weighted by molar-refractivity contribution is 0.0702. The fourth-order valence-corrected chi connectivity index (χ4v) is 5.74. The van der Waals surface area contributed by atoms with E-state index >= 15 is 0 Å². The highest BCUT2D eigenvalue weighted by Gasteiger charge is 2.19. The first-order chi connectivity index (χ1) is 16.9. The number of imidazole rings is 1. The van der Waals surface area contributed by atoms with Crippen LogP contribution in [0.2, 0.25) is 0 Å². The monoisotopic (exact) mass is 505 g/mol. The number of carboxylic acid groups (broad SMARTS) is 1. The lowest BCUT2D eigenvalue weighted by Crippen LogP contribution is -2.29. The predicted octanol–water partition coefficient (Wildman–Crippen LogP) is 5.01. The van der Waals surface area contributed by atoms with Crippen LogP contribution >= 0.6 is 20.6 Å². The molecule has 35 heavy (non-hydrogen) atoms. The second kappa shape index (κ2) is 9.94. The maximum absolute atomic E-state index is 11.2. The van der Waals surface area contributed by atoms with Gasteiger partial charge in [-0.3, -0.25) is 4.90 Å². The van der Waals surface area contributed by atoms with E-state index in [0.717, 1.165) is 48.0 Å². The largest absolute Gasteiger partial charge is 0.489 e. The number of aromatic nitrogens is 2. The summed E-state index contributed by atoms with van der Waals surface area (Å²) in [6.45, 7) is 5.17. The molecule has 1 atom stereocenters. The van der Waals surface area contributed by atoms with Crippen molar-refractivity contribution in [3.8, 4) is 5.75 Å². The minimum absolute atomic E-state index is 0.328. The van der Waals surface area contributed by atoms with E-state index in [1.807, 2.05) is 17.7 Å². The molecule has 5 rings (SSSR count). The molecule has 0 spiro atoms. The van der Waals surface area contributed by atoms with Crippen molar-refractivity contribution < 1.29 is 14.6 Å². The second-order valence-electron chi connectivity index (χ2n) is 8.93. The van der Waals surface area contributed by atoms with Gasteiger partial charge in [0.1, 0.15) is 33.4 Å². The highest BCUT2D eigenvalue weighted by Crippen LogP contribution is 2.29. The van der Waals surface area contributed by atoms with Gasteiger partial charge in [-0.2, -0.15) is 0 Å². The highest BCUT2D eigenvalue weighted by atomic mass is 32.1. The zero-order valence-electron chi connectivity index (χ0n) is 19.8. The van der Waals surface area contributed by atoms with E-state index in [2.05, 4.69) is 68.5 Å². The summed E-state index contributed by atoms with van der Waals surface area (Å²) in [5.41, 5.74) is 5.71. The van der Waals surface area contributed by atoms with Crippen LogP contribution in [-0.2, 0) is 20.2 Å². The van der Waals surface area contributed by atoms with Crippen molar-refractivity contribution in [1.29, 1.82) is 0 Å². The Balaban J connectivity index is 1.23. The van der Waals surface area contributed by atoms with E-state index in [0.29, 0.717) is 11.5 Å². The van der Waals surface area contributed by atoms with Crippen LogP contribution in [0.3, 0.4) is 0 Å². The fraction of sp³-hybridized carbons (Fsp3) is 0.259. The highest BCUT2D eigenvalue weighted by molar-refractivity contribution is 7.27. The average molecular weight is 506 g/mol. The maximum Gasteiger partial charge on any atom is 0.346 e. The van der Waals surface area contributed by atoms with Gasteiger partial charge in [-0.15, -0.1) is 20.6 Å². The predicted molar refractivity (Wildman–Crippen MR) is 145 cm³/mol. The molecular weight excluding hydrogens is 477 g/mol. The van der Waals surface area contributed by atoms with Gasteiger partial charge in [-0.1, -0.05) is 42.0 Å². The molecule has 0 amide bonds. The van der Waals surface area contributed by atoms with Gasteiger partial charge in [-0.25, -0.2) is 9.78 Å². The Kier molecular flexibility index (Phi) is 6.74. The first-order valence-electron chi connectivity index (χ1n) is 11.6. The summed E-state index contributed by atoms with van der Waals surface area (Å²) in [5.74, 6) is 0.937. The third-order valence-corrected chi connectivity index (χ3v) is 8.13. The molecule has 1 aliphatic heterocycles. The van der Waals surface area contributed by atoms with Crippen LogP contribution in [0.5, 0.6) is 5.75 Å². The van der Waals surface area contributed by atoms with Crippen LogP contribution in [0.15, 0.2) is 54.6 Å². The summed E-state index contributed by atoms with van der Waals surface area (Å²) >= 11 is 1.28. The van der Waals surface area contributed by atoms with Gasteiger partial charge in [0.05, 0.1) is 6.54 Å². The third-order valence-electron chi connectivity index (χ3n) is 6.40. The van der Waals surface area contributed by atoms with Crippen LogP contribution in [0.25, 0.3) is 15.9 Å². The van der Waals surface area contributed by atoms with E-state index in [1.54, 1.807) is 6.07 Å². The number of hydrogen-bond donors (Lipinski definition) is 1. The van der Waals surface area contributed by atoms with Gasteiger partial charge in [0, 0.05) is 20.1 Å². The molecule has 0 saturated carbocycles. The molecule has 2 aromatic heterocycles. The molecule has 2 aromatic carbocycles. The topological polar surface area (TPSA) is 67.6 Å². The smallest absolute Gasteiger partial charge is 0.346 e. The summed E-state index contributed by atoms with van der Waals surface area (Å²) in [7, 11) is 4.75. The number of aryl methyl sites for hydroxylation is 2. The summed E-state index contributed by atoms with van der Waals surface area (Å²) in [6.07, 6.45) is 3.25. The number of hydrogen-bond acceptors (Lipinski definition) is 5. The molecule has 4 aromatic rings. The van der Waals surface area contributed by atoms with Crippen molar-refractivity contribution in [3.05, 3.63) is 82.0 Å². The summed E-state index contributed by atoms with van der Waals surface area (Å²) < 4.78 is 8.12. The van der Waals surface area contributed by atoms with E-state index in [4.69, 9.17) is 4.74 Å². The average Bonchev–Trinajstić information content (AvgIpc) is 3.39. The second-order valence-corrected chi connectivity index (χ2v) is 10.6. The van der Waals surface area contributed by atoms with Gasteiger partial charge in [0.2, 0.25) is 0 Å². The molecule has 1 aliphatic rings.